The molecule has 0 radical (unpaired) electrons. The van der Waals surface area contributed by atoms with Crippen LogP contribution in [0.1, 0.15) is 51.9 Å². The van der Waals surface area contributed by atoms with Gasteiger partial charge in [-0.05, 0) is 19.3 Å². The Hall–Kier alpha value is -0.660. The lowest BCUT2D eigenvalue weighted by Gasteiger charge is -1.98. The number of hydrogen-bond donors (Lipinski definition) is 0. The Kier molecular flexibility index (Phi) is 4.13. The molecule has 1 aliphatic carbocycles. The van der Waals surface area contributed by atoms with E-state index in [0.717, 1.165) is 32.1 Å². The SMILES string of the molecule is CCCCCC(=O)CC(=O)C1CC1. The first-order chi connectivity index (χ1) is 6.24. The fourth-order valence-electron chi connectivity index (χ4n) is 1.40. The highest BCUT2D eigenvalue weighted by Gasteiger charge is 2.30. The van der Waals surface area contributed by atoms with Crippen LogP contribution in [0.2, 0.25) is 0 Å². The van der Waals surface area contributed by atoms with E-state index >= 15 is 0 Å². The highest BCUT2D eigenvalue weighted by Crippen LogP contribution is 2.31. The fraction of sp³-hybridized carbons (Fsp3) is 0.818. The third kappa shape index (κ3) is 4.20. The van der Waals surface area contributed by atoms with Crippen LogP contribution in [0, 0.1) is 5.92 Å². The molecule has 0 spiro atoms. The Morgan fingerprint density at radius 1 is 1.23 bits per heavy atom. The van der Waals surface area contributed by atoms with E-state index < -0.39 is 0 Å². The van der Waals surface area contributed by atoms with Gasteiger partial charge in [0.05, 0.1) is 6.42 Å². The summed E-state index contributed by atoms with van der Waals surface area (Å²) in [5, 5.41) is 0. The molecular formula is C11H18O2. The summed E-state index contributed by atoms with van der Waals surface area (Å²) in [6.07, 6.45) is 6.02. The van der Waals surface area contributed by atoms with Crippen LogP contribution >= 0.6 is 0 Å². The Balaban J connectivity index is 2.06. The molecule has 0 aromatic rings. The molecule has 1 saturated carbocycles. The third-order valence-corrected chi connectivity index (χ3v) is 2.46. The number of Topliss-reactive ketones (excluding diaryl/α,β-unsaturated/α-hetero) is 2. The van der Waals surface area contributed by atoms with E-state index in [2.05, 4.69) is 6.92 Å². The van der Waals surface area contributed by atoms with Crippen molar-refractivity contribution in [3.63, 3.8) is 0 Å². The molecule has 0 unspecified atom stereocenters. The summed E-state index contributed by atoms with van der Waals surface area (Å²) in [6.45, 7) is 2.11. The smallest absolute Gasteiger partial charge is 0.143 e. The van der Waals surface area contributed by atoms with E-state index in [1.165, 1.54) is 0 Å². The van der Waals surface area contributed by atoms with E-state index in [4.69, 9.17) is 0 Å². The molecule has 2 heteroatoms. The van der Waals surface area contributed by atoms with Crippen molar-refractivity contribution < 1.29 is 9.59 Å². The quantitative estimate of drug-likeness (QED) is 0.448. The van der Waals surface area contributed by atoms with Crippen molar-refractivity contribution in [3.8, 4) is 0 Å². The van der Waals surface area contributed by atoms with E-state index in [9.17, 15) is 9.59 Å². The fourth-order valence-corrected chi connectivity index (χ4v) is 1.40. The number of hydrogen-bond acceptors (Lipinski definition) is 2. The van der Waals surface area contributed by atoms with Gasteiger partial charge in [0.1, 0.15) is 11.6 Å². The molecule has 74 valence electrons. The molecule has 0 aromatic heterocycles. The van der Waals surface area contributed by atoms with Crippen LogP contribution in [0.3, 0.4) is 0 Å². The molecular weight excluding hydrogens is 164 g/mol. The number of unbranched alkanes of at least 4 members (excludes halogenated alkanes) is 2. The molecule has 0 N–H and O–H groups in total. The molecule has 13 heavy (non-hydrogen) atoms. The summed E-state index contributed by atoms with van der Waals surface area (Å²) in [5.74, 6) is 0.571. The first-order valence-corrected chi connectivity index (χ1v) is 5.28. The first kappa shape index (κ1) is 10.4. The third-order valence-electron chi connectivity index (χ3n) is 2.46. The molecule has 0 aromatic carbocycles. The molecule has 1 rings (SSSR count). The second-order valence-electron chi connectivity index (χ2n) is 3.91. The lowest BCUT2D eigenvalue weighted by molar-refractivity contribution is -0.127. The molecule has 1 aliphatic rings. The molecule has 0 atom stereocenters. The summed E-state index contributed by atoms with van der Waals surface area (Å²) in [6, 6.07) is 0. The van der Waals surface area contributed by atoms with Gasteiger partial charge >= 0.3 is 0 Å². The average molecular weight is 182 g/mol. The van der Waals surface area contributed by atoms with Crippen molar-refractivity contribution in [2.75, 3.05) is 0 Å². The average Bonchev–Trinajstić information content (AvgIpc) is 2.86. The molecule has 0 heterocycles. The Bertz CT molecular complexity index is 192. The van der Waals surface area contributed by atoms with E-state index in [0.29, 0.717) is 6.42 Å². The maximum Gasteiger partial charge on any atom is 0.143 e. The van der Waals surface area contributed by atoms with Crippen LogP contribution in [0.5, 0.6) is 0 Å². The monoisotopic (exact) mass is 182 g/mol. The van der Waals surface area contributed by atoms with Crippen LogP contribution in [0.15, 0.2) is 0 Å². The Labute approximate surface area is 79.7 Å². The minimum absolute atomic E-state index is 0.144. The van der Waals surface area contributed by atoms with Crippen molar-refractivity contribution in [1.29, 1.82) is 0 Å². The first-order valence-electron chi connectivity index (χ1n) is 5.28. The number of ketones is 2. The maximum absolute atomic E-state index is 11.2. The van der Waals surface area contributed by atoms with Gasteiger partial charge in [0.15, 0.2) is 0 Å². The van der Waals surface area contributed by atoms with Crippen LogP contribution in [0.4, 0.5) is 0 Å². The van der Waals surface area contributed by atoms with Crippen molar-refractivity contribution in [1.82, 2.24) is 0 Å². The molecule has 0 aliphatic heterocycles. The van der Waals surface area contributed by atoms with Gasteiger partial charge < -0.3 is 0 Å². The molecule has 0 amide bonds. The summed E-state index contributed by atoms with van der Waals surface area (Å²) < 4.78 is 0. The van der Waals surface area contributed by atoms with E-state index in [1.54, 1.807) is 0 Å². The molecule has 0 bridgehead atoms. The Morgan fingerprint density at radius 3 is 2.46 bits per heavy atom. The second kappa shape index (κ2) is 5.15. The normalized spacial score (nSPS) is 15.8. The highest BCUT2D eigenvalue weighted by molar-refractivity contribution is 6.00. The lowest BCUT2D eigenvalue weighted by atomic mass is 10.1. The van der Waals surface area contributed by atoms with Crippen molar-refractivity contribution >= 4 is 11.6 Å². The predicted octanol–water partition coefficient (Wildman–Crippen LogP) is 2.51. The summed E-state index contributed by atoms with van der Waals surface area (Å²) >= 11 is 0. The van der Waals surface area contributed by atoms with E-state index in [-0.39, 0.29) is 23.9 Å². The van der Waals surface area contributed by atoms with Gasteiger partial charge in [0.2, 0.25) is 0 Å². The predicted molar refractivity (Wildman–Crippen MR) is 51.5 cm³/mol. The maximum atomic E-state index is 11.2. The van der Waals surface area contributed by atoms with Gasteiger partial charge in [-0.3, -0.25) is 9.59 Å². The molecule has 0 saturated heterocycles. The van der Waals surface area contributed by atoms with Gasteiger partial charge in [-0.1, -0.05) is 19.8 Å². The largest absolute Gasteiger partial charge is 0.299 e. The number of rotatable bonds is 7. The summed E-state index contributed by atoms with van der Waals surface area (Å²) in [4.78, 5) is 22.5. The summed E-state index contributed by atoms with van der Waals surface area (Å²) in [5.41, 5.74) is 0. The minimum atomic E-state index is 0.144. The van der Waals surface area contributed by atoms with Crippen molar-refractivity contribution in [3.05, 3.63) is 0 Å². The molecule has 1 fully saturated rings. The standard InChI is InChI=1S/C11H18O2/c1-2-3-4-5-10(12)8-11(13)9-6-7-9/h9H,2-8H2,1H3. The number of carbonyl (C=O) groups is 2. The van der Waals surface area contributed by atoms with Gasteiger partial charge in [0, 0.05) is 12.3 Å². The minimum Gasteiger partial charge on any atom is -0.299 e. The van der Waals surface area contributed by atoms with Crippen molar-refractivity contribution in [2.45, 2.75) is 51.9 Å². The number of carbonyl (C=O) groups excluding carboxylic acids is 2. The van der Waals surface area contributed by atoms with Gasteiger partial charge in [-0.25, -0.2) is 0 Å². The van der Waals surface area contributed by atoms with Crippen LogP contribution in [0.25, 0.3) is 0 Å². The van der Waals surface area contributed by atoms with Gasteiger partial charge in [-0.15, -0.1) is 0 Å². The van der Waals surface area contributed by atoms with Crippen LogP contribution in [-0.4, -0.2) is 11.6 Å². The topological polar surface area (TPSA) is 34.1 Å². The van der Waals surface area contributed by atoms with E-state index in [1.807, 2.05) is 0 Å². The highest BCUT2D eigenvalue weighted by atomic mass is 16.1. The zero-order chi connectivity index (χ0) is 9.68. The van der Waals surface area contributed by atoms with Crippen LogP contribution in [-0.2, 0) is 9.59 Å². The lowest BCUT2D eigenvalue weighted by Crippen LogP contribution is -2.08. The van der Waals surface area contributed by atoms with Crippen molar-refractivity contribution in [2.24, 2.45) is 5.92 Å². The zero-order valence-corrected chi connectivity index (χ0v) is 8.34. The second-order valence-corrected chi connectivity index (χ2v) is 3.91. The Morgan fingerprint density at radius 2 is 1.92 bits per heavy atom. The zero-order valence-electron chi connectivity index (χ0n) is 8.34. The summed E-state index contributed by atoms with van der Waals surface area (Å²) in [7, 11) is 0. The van der Waals surface area contributed by atoms with Crippen LogP contribution < -0.4 is 0 Å². The van der Waals surface area contributed by atoms with Gasteiger partial charge in [0.25, 0.3) is 0 Å². The molecule has 2 nitrogen and oxygen atoms in total. The van der Waals surface area contributed by atoms with Gasteiger partial charge in [-0.2, -0.15) is 0 Å².